The molecule has 1 aromatic carbocycles. The molecule has 2 aliphatic heterocycles. The molecule has 0 spiro atoms. The van der Waals surface area contributed by atoms with Crippen LogP contribution in [0.15, 0.2) is 24.3 Å². The fraction of sp³-hybridized carbons (Fsp3) is 0.533. The normalized spacial score (nSPS) is 25.5. The summed E-state index contributed by atoms with van der Waals surface area (Å²) in [5.74, 6) is 0.197. The summed E-state index contributed by atoms with van der Waals surface area (Å²) >= 11 is 6.22. The van der Waals surface area contributed by atoms with Crippen molar-refractivity contribution in [1.82, 2.24) is 10.2 Å². The van der Waals surface area contributed by atoms with Crippen LogP contribution in [-0.2, 0) is 9.53 Å². The zero-order chi connectivity index (χ0) is 13.9. The molecule has 0 radical (unpaired) electrons. The lowest BCUT2D eigenvalue weighted by Crippen LogP contribution is -2.49. The van der Waals surface area contributed by atoms with Gasteiger partial charge in [-0.2, -0.15) is 0 Å². The van der Waals surface area contributed by atoms with E-state index in [1.807, 2.05) is 29.2 Å². The topological polar surface area (TPSA) is 41.6 Å². The molecular formula is C15H20Cl2N2O2. The molecule has 1 N–H and O–H groups in total. The van der Waals surface area contributed by atoms with Gasteiger partial charge in [-0.25, -0.2) is 0 Å². The van der Waals surface area contributed by atoms with Gasteiger partial charge in [0.2, 0.25) is 5.91 Å². The summed E-state index contributed by atoms with van der Waals surface area (Å²) < 4.78 is 5.79. The summed E-state index contributed by atoms with van der Waals surface area (Å²) in [5.41, 5.74) is 0.964. The number of carbonyl (C=O) groups excluding carboxylic acids is 1. The maximum atomic E-state index is 12.4. The van der Waals surface area contributed by atoms with Crippen LogP contribution in [-0.4, -0.2) is 43.1 Å². The van der Waals surface area contributed by atoms with Crippen LogP contribution >= 0.6 is 24.0 Å². The molecule has 2 saturated heterocycles. The fourth-order valence-electron chi connectivity index (χ4n) is 2.89. The molecule has 2 heterocycles. The summed E-state index contributed by atoms with van der Waals surface area (Å²) in [6.45, 7) is 2.75. The van der Waals surface area contributed by atoms with Crippen molar-refractivity contribution in [1.29, 1.82) is 0 Å². The van der Waals surface area contributed by atoms with Crippen LogP contribution in [0.5, 0.6) is 0 Å². The van der Waals surface area contributed by atoms with Gasteiger partial charge in [-0.1, -0.05) is 29.8 Å². The maximum Gasteiger partial charge on any atom is 0.239 e. The predicted octanol–water partition coefficient (Wildman–Crippen LogP) is 2.41. The number of benzene rings is 1. The largest absolute Gasteiger partial charge is 0.370 e. The van der Waals surface area contributed by atoms with Gasteiger partial charge in [0.05, 0.1) is 19.2 Å². The average Bonchev–Trinajstić information content (AvgIpc) is 3.01. The van der Waals surface area contributed by atoms with Crippen LogP contribution in [0.3, 0.4) is 0 Å². The van der Waals surface area contributed by atoms with Gasteiger partial charge in [-0.15, -0.1) is 12.4 Å². The molecule has 116 valence electrons. The van der Waals surface area contributed by atoms with E-state index in [1.54, 1.807) is 0 Å². The number of nitrogens with one attached hydrogen (secondary N) is 1. The van der Waals surface area contributed by atoms with Gasteiger partial charge >= 0.3 is 0 Å². The van der Waals surface area contributed by atoms with E-state index >= 15 is 0 Å². The molecule has 6 heteroatoms. The van der Waals surface area contributed by atoms with Crippen molar-refractivity contribution in [2.45, 2.75) is 25.0 Å². The van der Waals surface area contributed by atoms with Gasteiger partial charge in [0.25, 0.3) is 0 Å². The second-order valence-electron chi connectivity index (χ2n) is 5.31. The summed E-state index contributed by atoms with van der Waals surface area (Å²) in [6.07, 6.45) is 1.89. The van der Waals surface area contributed by atoms with Crippen LogP contribution in [0.4, 0.5) is 0 Å². The average molecular weight is 331 g/mol. The van der Waals surface area contributed by atoms with Crippen LogP contribution in [0.1, 0.15) is 24.5 Å². The molecule has 21 heavy (non-hydrogen) atoms. The molecule has 1 aromatic rings. The molecule has 0 aromatic heterocycles. The van der Waals surface area contributed by atoms with Crippen LogP contribution in [0.2, 0.25) is 5.02 Å². The van der Waals surface area contributed by atoms with Crippen LogP contribution in [0.25, 0.3) is 0 Å². The molecule has 2 aliphatic rings. The Labute approximate surface area is 136 Å². The number of rotatable bonds is 2. The molecule has 4 nitrogen and oxygen atoms in total. The zero-order valence-electron chi connectivity index (χ0n) is 11.8. The lowest BCUT2D eigenvalue weighted by Gasteiger charge is -2.35. The highest BCUT2D eigenvalue weighted by Gasteiger charge is 2.31. The van der Waals surface area contributed by atoms with Crippen molar-refractivity contribution in [3.8, 4) is 0 Å². The predicted molar refractivity (Wildman–Crippen MR) is 85.0 cm³/mol. The number of morpholine rings is 1. The number of amides is 1. The first-order valence-electron chi connectivity index (χ1n) is 7.14. The molecule has 2 fully saturated rings. The first-order valence-corrected chi connectivity index (χ1v) is 7.51. The van der Waals surface area contributed by atoms with E-state index in [2.05, 4.69) is 5.32 Å². The molecule has 1 amide bonds. The smallest absolute Gasteiger partial charge is 0.239 e. The third-order valence-electron chi connectivity index (χ3n) is 3.99. The first-order chi connectivity index (χ1) is 9.75. The van der Waals surface area contributed by atoms with Gasteiger partial charge in [0.1, 0.15) is 6.10 Å². The molecule has 2 unspecified atom stereocenters. The van der Waals surface area contributed by atoms with Gasteiger partial charge in [0.15, 0.2) is 0 Å². The highest BCUT2D eigenvalue weighted by Crippen LogP contribution is 2.28. The number of halogens is 2. The minimum Gasteiger partial charge on any atom is -0.370 e. The highest BCUT2D eigenvalue weighted by atomic mass is 35.5. The maximum absolute atomic E-state index is 12.4. The Kier molecular flexibility index (Phi) is 5.88. The molecule has 0 saturated carbocycles. The van der Waals surface area contributed by atoms with E-state index in [4.69, 9.17) is 16.3 Å². The van der Waals surface area contributed by atoms with Crippen molar-refractivity contribution >= 4 is 29.9 Å². The van der Waals surface area contributed by atoms with E-state index in [0.29, 0.717) is 24.7 Å². The number of ether oxygens (including phenoxy) is 1. The van der Waals surface area contributed by atoms with Crippen molar-refractivity contribution in [2.75, 3.05) is 26.2 Å². The van der Waals surface area contributed by atoms with E-state index in [9.17, 15) is 4.79 Å². The summed E-state index contributed by atoms with van der Waals surface area (Å²) in [6, 6.07) is 7.66. The Morgan fingerprint density at radius 1 is 1.38 bits per heavy atom. The number of hydrogen-bond acceptors (Lipinski definition) is 3. The zero-order valence-corrected chi connectivity index (χ0v) is 13.3. The second kappa shape index (κ2) is 7.45. The van der Waals surface area contributed by atoms with Gasteiger partial charge in [0, 0.05) is 17.1 Å². The Balaban J connectivity index is 0.00000161. The first kappa shape index (κ1) is 16.6. The highest BCUT2D eigenvalue weighted by molar-refractivity contribution is 6.31. The Hall–Kier alpha value is -0.810. The minimum atomic E-state index is -0.122. The van der Waals surface area contributed by atoms with E-state index < -0.39 is 0 Å². The third-order valence-corrected chi connectivity index (χ3v) is 4.33. The summed E-state index contributed by atoms with van der Waals surface area (Å²) in [7, 11) is 0. The van der Waals surface area contributed by atoms with Crippen molar-refractivity contribution in [3.05, 3.63) is 34.9 Å². The van der Waals surface area contributed by atoms with Crippen molar-refractivity contribution in [2.24, 2.45) is 0 Å². The molecule has 0 aliphatic carbocycles. The number of nitrogens with zero attached hydrogens (tertiary/aromatic N) is 1. The summed E-state index contributed by atoms with van der Waals surface area (Å²) in [5, 5.41) is 3.96. The Morgan fingerprint density at radius 2 is 2.19 bits per heavy atom. The van der Waals surface area contributed by atoms with Crippen molar-refractivity contribution in [3.63, 3.8) is 0 Å². The Bertz CT molecular complexity index is 492. The molecular weight excluding hydrogens is 311 g/mol. The Morgan fingerprint density at radius 3 is 2.90 bits per heavy atom. The van der Waals surface area contributed by atoms with Gasteiger partial charge in [-0.3, -0.25) is 4.79 Å². The minimum absolute atomic E-state index is 0. The monoisotopic (exact) mass is 330 g/mol. The quantitative estimate of drug-likeness (QED) is 0.905. The van der Waals surface area contributed by atoms with E-state index in [1.165, 1.54) is 0 Å². The second-order valence-corrected chi connectivity index (χ2v) is 5.72. The van der Waals surface area contributed by atoms with E-state index in [0.717, 1.165) is 24.9 Å². The molecule has 3 rings (SSSR count). The number of hydrogen-bond donors (Lipinski definition) is 1. The lowest BCUT2D eigenvalue weighted by atomic mass is 10.1. The van der Waals surface area contributed by atoms with Crippen molar-refractivity contribution < 1.29 is 9.53 Å². The standard InChI is InChI=1S/C15H19ClN2O2.ClH/c16-12-5-2-1-4-11(12)14-10-18(8-9-20-14)15(19)13-6-3-7-17-13;/h1-2,4-5,13-14,17H,3,6-10H2;1H. The van der Waals surface area contributed by atoms with Crippen LogP contribution in [0, 0.1) is 0 Å². The SMILES string of the molecule is Cl.O=C(C1CCCN1)N1CCOC(c2ccccc2Cl)C1. The van der Waals surface area contributed by atoms with Gasteiger partial charge in [-0.05, 0) is 25.5 Å². The fourth-order valence-corrected chi connectivity index (χ4v) is 3.15. The number of carbonyl (C=O) groups is 1. The van der Waals surface area contributed by atoms with Gasteiger partial charge < -0.3 is 15.0 Å². The molecule has 2 atom stereocenters. The lowest BCUT2D eigenvalue weighted by molar-refractivity contribution is -0.140. The molecule has 0 bridgehead atoms. The van der Waals surface area contributed by atoms with Crippen LogP contribution < -0.4 is 5.32 Å². The third kappa shape index (κ3) is 3.69. The van der Waals surface area contributed by atoms with E-state index in [-0.39, 0.29) is 30.5 Å². The summed E-state index contributed by atoms with van der Waals surface area (Å²) in [4.78, 5) is 14.3.